The molecule has 2 aromatic rings. The highest BCUT2D eigenvalue weighted by molar-refractivity contribution is 7.17. The van der Waals surface area contributed by atoms with Crippen LogP contribution in [0.5, 0.6) is 0 Å². The Morgan fingerprint density at radius 2 is 1.74 bits per heavy atom. The molecule has 2 bridgehead atoms. The first-order valence-corrected chi connectivity index (χ1v) is 11.2. The molecule has 0 saturated carbocycles. The van der Waals surface area contributed by atoms with Gasteiger partial charge in [-0.05, 0) is 36.8 Å². The summed E-state index contributed by atoms with van der Waals surface area (Å²) in [5.74, 6) is -3.38. The second kappa shape index (κ2) is 8.09. The topological polar surface area (TPSA) is 119 Å². The van der Waals surface area contributed by atoms with Gasteiger partial charge in [-0.1, -0.05) is 38.1 Å². The van der Waals surface area contributed by atoms with Gasteiger partial charge in [0, 0.05) is 10.4 Å². The van der Waals surface area contributed by atoms with Gasteiger partial charge in [-0.2, -0.15) is 0 Å². The third-order valence-electron chi connectivity index (χ3n) is 6.29. The Labute approximate surface area is 184 Å². The number of thiophene rings is 1. The maximum absolute atomic E-state index is 13.1. The first-order chi connectivity index (χ1) is 14.7. The van der Waals surface area contributed by atoms with Crippen molar-refractivity contribution in [2.24, 2.45) is 17.6 Å². The number of nitrogens with two attached hydrogens (primary N) is 1. The lowest BCUT2D eigenvalue weighted by atomic mass is 9.78. The third kappa shape index (κ3) is 3.74. The van der Waals surface area contributed by atoms with Gasteiger partial charge in [-0.15, -0.1) is 11.3 Å². The van der Waals surface area contributed by atoms with Crippen molar-refractivity contribution < 1.29 is 24.2 Å². The average molecular weight is 443 g/mol. The summed E-state index contributed by atoms with van der Waals surface area (Å²) in [5.41, 5.74) is 8.69. The van der Waals surface area contributed by atoms with Crippen LogP contribution in [-0.4, -0.2) is 35.1 Å². The van der Waals surface area contributed by atoms with Gasteiger partial charge in [-0.25, -0.2) is 0 Å². The Morgan fingerprint density at radius 3 is 2.29 bits per heavy atom. The van der Waals surface area contributed by atoms with E-state index in [1.165, 1.54) is 16.9 Å². The lowest BCUT2D eigenvalue weighted by Gasteiger charge is -2.23. The number of benzene rings is 1. The Morgan fingerprint density at radius 1 is 1.13 bits per heavy atom. The maximum Gasteiger partial charge on any atom is 0.310 e. The minimum Gasteiger partial charge on any atom is -0.481 e. The smallest absolute Gasteiger partial charge is 0.310 e. The van der Waals surface area contributed by atoms with Crippen molar-refractivity contribution in [3.63, 3.8) is 0 Å². The highest BCUT2D eigenvalue weighted by atomic mass is 32.1. The number of aliphatic carboxylic acids is 1. The second-order valence-corrected chi connectivity index (χ2v) is 9.77. The number of hydrogen-bond donors (Lipinski definition) is 3. The second-order valence-electron chi connectivity index (χ2n) is 8.55. The van der Waals surface area contributed by atoms with Gasteiger partial charge < -0.3 is 20.9 Å². The lowest BCUT2D eigenvalue weighted by Crippen LogP contribution is -2.41. The van der Waals surface area contributed by atoms with Gasteiger partial charge in [0.05, 0.1) is 29.6 Å². The highest BCUT2D eigenvalue weighted by Crippen LogP contribution is 2.45. The molecule has 2 saturated heterocycles. The van der Waals surface area contributed by atoms with E-state index in [0.717, 1.165) is 10.4 Å². The van der Waals surface area contributed by atoms with Crippen molar-refractivity contribution in [2.45, 2.75) is 51.7 Å². The van der Waals surface area contributed by atoms with Crippen molar-refractivity contribution in [2.75, 3.05) is 5.32 Å². The van der Waals surface area contributed by atoms with E-state index in [1.807, 2.05) is 31.2 Å². The normalized spacial score (nSPS) is 24.5. The molecule has 2 amide bonds. The number of aryl methyl sites for hydroxylation is 1. The molecule has 4 rings (SSSR count). The summed E-state index contributed by atoms with van der Waals surface area (Å²) in [6.45, 7) is 6.09. The third-order valence-corrected chi connectivity index (χ3v) is 7.32. The zero-order valence-corrected chi connectivity index (χ0v) is 18.5. The molecule has 164 valence electrons. The van der Waals surface area contributed by atoms with Crippen LogP contribution in [0.25, 0.3) is 11.1 Å². The first kappa shape index (κ1) is 21.5. The van der Waals surface area contributed by atoms with Gasteiger partial charge in [0.2, 0.25) is 5.91 Å². The zero-order valence-electron chi connectivity index (χ0n) is 17.7. The maximum atomic E-state index is 13.1. The minimum atomic E-state index is -1.03. The SMILES string of the molecule is Cc1sc(NC(=O)[C@H]2[C@@H](C(=O)O)[C@H]3CC[C@H]2O3)c(C(N)=O)c1-c1ccc(C(C)C)cc1. The summed E-state index contributed by atoms with van der Waals surface area (Å²) in [6, 6.07) is 7.94. The average Bonchev–Trinajstić information content (AvgIpc) is 3.40. The van der Waals surface area contributed by atoms with Crippen LogP contribution in [0.3, 0.4) is 0 Å². The molecule has 0 aliphatic carbocycles. The molecule has 0 radical (unpaired) electrons. The fourth-order valence-electron chi connectivity index (χ4n) is 4.77. The molecule has 8 heteroatoms. The molecule has 3 heterocycles. The number of nitrogens with one attached hydrogen (secondary N) is 1. The predicted molar refractivity (Wildman–Crippen MR) is 118 cm³/mol. The van der Waals surface area contributed by atoms with Crippen molar-refractivity contribution in [1.29, 1.82) is 0 Å². The first-order valence-electron chi connectivity index (χ1n) is 10.4. The summed E-state index contributed by atoms with van der Waals surface area (Å²) in [4.78, 5) is 38.0. The summed E-state index contributed by atoms with van der Waals surface area (Å²) in [5, 5.41) is 12.7. The summed E-state index contributed by atoms with van der Waals surface area (Å²) >= 11 is 1.27. The Hall–Kier alpha value is -2.71. The molecule has 0 unspecified atom stereocenters. The molecule has 0 spiro atoms. The number of primary amides is 1. The number of amides is 2. The molecule has 4 N–H and O–H groups in total. The van der Waals surface area contributed by atoms with Gasteiger partial charge in [0.15, 0.2) is 0 Å². The molecule has 1 aromatic heterocycles. The Bertz CT molecular complexity index is 1040. The van der Waals surface area contributed by atoms with Gasteiger partial charge in [0.25, 0.3) is 5.91 Å². The number of carbonyl (C=O) groups excluding carboxylic acids is 2. The van der Waals surface area contributed by atoms with Crippen molar-refractivity contribution in [3.05, 3.63) is 40.3 Å². The number of carboxylic acids is 1. The van der Waals surface area contributed by atoms with Gasteiger partial charge >= 0.3 is 5.97 Å². The molecular formula is C23H26N2O5S. The fourth-order valence-corrected chi connectivity index (χ4v) is 5.85. The van der Waals surface area contributed by atoms with Crippen LogP contribution in [-0.2, 0) is 14.3 Å². The largest absolute Gasteiger partial charge is 0.481 e. The minimum absolute atomic E-state index is 0.254. The number of ether oxygens (including phenoxy) is 1. The van der Waals surface area contributed by atoms with Crippen LogP contribution in [0.4, 0.5) is 5.00 Å². The van der Waals surface area contributed by atoms with Crippen molar-refractivity contribution in [3.8, 4) is 11.1 Å². The fraction of sp³-hybridized carbons (Fsp3) is 0.435. The quantitative estimate of drug-likeness (QED) is 0.629. The number of hydrogen-bond acceptors (Lipinski definition) is 5. The number of carboxylic acid groups (broad SMARTS) is 1. The number of anilines is 1. The molecule has 2 aliphatic heterocycles. The van der Waals surface area contributed by atoms with E-state index in [2.05, 4.69) is 19.2 Å². The van der Waals surface area contributed by atoms with E-state index in [9.17, 15) is 19.5 Å². The molecule has 1 aromatic carbocycles. The van der Waals surface area contributed by atoms with Crippen molar-refractivity contribution >= 4 is 34.1 Å². The molecule has 2 aliphatic rings. The van der Waals surface area contributed by atoms with E-state index in [-0.39, 0.29) is 5.56 Å². The lowest BCUT2D eigenvalue weighted by molar-refractivity contribution is -0.147. The van der Waals surface area contributed by atoms with Gasteiger partial charge in [0.1, 0.15) is 5.00 Å². The summed E-state index contributed by atoms with van der Waals surface area (Å²) in [6.07, 6.45) is 0.458. The molecule has 2 fully saturated rings. The Balaban J connectivity index is 1.67. The monoisotopic (exact) mass is 442 g/mol. The number of carbonyl (C=O) groups is 3. The molecule has 31 heavy (non-hydrogen) atoms. The van der Waals surface area contributed by atoms with Crippen molar-refractivity contribution in [1.82, 2.24) is 0 Å². The van der Waals surface area contributed by atoms with E-state index in [0.29, 0.717) is 29.3 Å². The zero-order chi connectivity index (χ0) is 22.4. The van der Waals surface area contributed by atoms with E-state index >= 15 is 0 Å². The number of rotatable bonds is 6. The summed E-state index contributed by atoms with van der Waals surface area (Å²) in [7, 11) is 0. The molecular weight excluding hydrogens is 416 g/mol. The Kier molecular flexibility index (Phi) is 5.61. The van der Waals surface area contributed by atoms with E-state index in [4.69, 9.17) is 10.5 Å². The summed E-state index contributed by atoms with van der Waals surface area (Å²) < 4.78 is 5.69. The van der Waals surface area contributed by atoms with Gasteiger partial charge in [-0.3, -0.25) is 14.4 Å². The molecule has 7 nitrogen and oxygen atoms in total. The molecule has 4 atom stereocenters. The van der Waals surface area contributed by atoms with Crippen LogP contribution < -0.4 is 11.1 Å². The number of fused-ring (bicyclic) bond motifs is 2. The van der Waals surface area contributed by atoms with Crippen LogP contribution in [0.15, 0.2) is 24.3 Å². The van der Waals surface area contributed by atoms with Crippen LogP contribution in [0, 0.1) is 18.8 Å². The van der Waals surface area contributed by atoms with Crippen LogP contribution >= 0.6 is 11.3 Å². The standard InChI is InChI=1S/C23H26N2O5S/c1-10(2)12-4-6-13(7-5-12)16-11(3)31-22(19(16)20(24)26)25-21(27)17-14-8-9-15(30-14)18(17)23(28)29/h4-7,10,14-15,17-18H,8-9H2,1-3H3,(H2,24,26)(H,25,27)(H,28,29)/t14-,15-,17-,18+/m1/s1. The van der Waals surface area contributed by atoms with Crippen LogP contribution in [0.2, 0.25) is 0 Å². The van der Waals surface area contributed by atoms with E-state index in [1.54, 1.807) is 0 Å². The van der Waals surface area contributed by atoms with E-state index < -0.39 is 41.8 Å². The highest BCUT2D eigenvalue weighted by Gasteiger charge is 2.55. The van der Waals surface area contributed by atoms with Crippen LogP contribution in [0.1, 0.15) is 53.4 Å². The predicted octanol–water partition coefficient (Wildman–Crippen LogP) is 3.76.